The van der Waals surface area contributed by atoms with Crippen molar-refractivity contribution in [1.29, 1.82) is 0 Å². The van der Waals surface area contributed by atoms with Crippen molar-refractivity contribution in [3.8, 4) is 5.75 Å². The molecule has 2 heterocycles. The second kappa shape index (κ2) is 7.22. The topological polar surface area (TPSA) is 91.0 Å². The van der Waals surface area contributed by atoms with Crippen molar-refractivity contribution in [2.45, 2.75) is 33.4 Å². The number of methoxy groups -OCH3 is 1. The predicted molar refractivity (Wildman–Crippen MR) is 102 cm³/mol. The Morgan fingerprint density at radius 2 is 1.85 bits per heavy atom. The molecule has 0 aliphatic heterocycles. The van der Waals surface area contributed by atoms with Gasteiger partial charge in [-0.2, -0.15) is 10.2 Å². The van der Waals surface area contributed by atoms with Crippen molar-refractivity contribution in [2.24, 2.45) is 7.05 Å². The van der Waals surface area contributed by atoms with E-state index in [2.05, 4.69) is 15.5 Å². The average Bonchev–Trinajstić information content (AvgIpc) is 2.94. The van der Waals surface area contributed by atoms with Crippen LogP contribution in [0.15, 0.2) is 29.1 Å². The number of nitrogens with zero attached hydrogens (tertiary/aromatic N) is 4. The van der Waals surface area contributed by atoms with Crippen molar-refractivity contribution in [3.05, 3.63) is 51.6 Å². The lowest BCUT2D eigenvalue weighted by Crippen LogP contribution is -2.35. The minimum absolute atomic E-state index is 0.148. The first-order chi connectivity index (χ1) is 12.8. The van der Waals surface area contributed by atoms with Gasteiger partial charge in [-0.25, -0.2) is 4.68 Å². The van der Waals surface area contributed by atoms with Gasteiger partial charge < -0.3 is 10.1 Å². The van der Waals surface area contributed by atoms with Crippen LogP contribution in [0, 0.1) is 13.8 Å². The van der Waals surface area contributed by atoms with Crippen LogP contribution in [0.2, 0.25) is 0 Å². The van der Waals surface area contributed by atoms with Crippen molar-refractivity contribution in [3.63, 3.8) is 0 Å². The van der Waals surface area contributed by atoms with Crippen LogP contribution in [0.4, 0.5) is 0 Å². The third kappa shape index (κ3) is 3.55. The van der Waals surface area contributed by atoms with Gasteiger partial charge in [0.25, 0.3) is 5.56 Å². The SMILES string of the molecule is COc1ccc(C(C)NC(=O)Cn2nc(C)c3c(c(C)nn3C)c2=O)cc1. The van der Waals surface area contributed by atoms with Crippen molar-refractivity contribution < 1.29 is 9.53 Å². The molecule has 8 heteroatoms. The van der Waals surface area contributed by atoms with Crippen molar-refractivity contribution in [1.82, 2.24) is 24.9 Å². The fraction of sp³-hybridized carbons (Fsp3) is 0.368. The van der Waals surface area contributed by atoms with E-state index in [4.69, 9.17) is 4.74 Å². The highest BCUT2D eigenvalue weighted by molar-refractivity contribution is 5.83. The molecule has 1 atom stereocenters. The van der Waals surface area contributed by atoms with Gasteiger partial charge in [0, 0.05) is 7.05 Å². The zero-order chi connectivity index (χ0) is 19.7. The van der Waals surface area contributed by atoms with E-state index in [1.54, 1.807) is 32.7 Å². The van der Waals surface area contributed by atoms with Crippen LogP contribution in [0.5, 0.6) is 5.75 Å². The maximum atomic E-state index is 12.7. The number of fused-ring (bicyclic) bond motifs is 1. The zero-order valence-electron chi connectivity index (χ0n) is 16.1. The molecule has 8 nitrogen and oxygen atoms in total. The Morgan fingerprint density at radius 1 is 1.19 bits per heavy atom. The molecule has 142 valence electrons. The number of amides is 1. The molecule has 0 aliphatic rings. The second-order valence-corrected chi connectivity index (χ2v) is 6.54. The molecule has 1 amide bonds. The zero-order valence-corrected chi connectivity index (χ0v) is 16.1. The molecule has 1 aromatic carbocycles. The Bertz CT molecular complexity index is 1050. The van der Waals surface area contributed by atoms with Crippen LogP contribution in [-0.2, 0) is 18.4 Å². The number of ether oxygens (including phenoxy) is 1. The minimum Gasteiger partial charge on any atom is -0.497 e. The van der Waals surface area contributed by atoms with Crippen molar-refractivity contribution in [2.75, 3.05) is 7.11 Å². The standard InChI is InChI=1S/C19H23N5O3/c1-11(14-6-8-15(27-5)9-7-14)20-16(25)10-24-19(26)17-12(2)21-23(4)18(17)13(3)22-24/h6-9,11H,10H2,1-5H3,(H,20,25). The highest BCUT2D eigenvalue weighted by Gasteiger charge is 2.17. The third-order valence-electron chi connectivity index (χ3n) is 4.57. The lowest BCUT2D eigenvalue weighted by Gasteiger charge is -2.15. The van der Waals surface area contributed by atoms with Gasteiger partial charge in [0.2, 0.25) is 5.91 Å². The molecule has 0 saturated heterocycles. The van der Waals surface area contributed by atoms with E-state index in [1.807, 2.05) is 31.2 Å². The predicted octanol–water partition coefficient (Wildman–Crippen LogP) is 1.63. The first-order valence-electron chi connectivity index (χ1n) is 8.66. The lowest BCUT2D eigenvalue weighted by molar-refractivity contribution is -0.122. The highest BCUT2D eigenvalue weighted by atomic mass is 16.5. The van der Waals surface area contributed by atoms with Crippen LogP contribution in [0.1, 0.15) is 29.9 Å². The van der Waals surface area contributed by atoms with E-state index >= 15 is 0 Å². The van der Waals surface area contributed by atoms with Gasteiger partial charge in [0.15, 0.2) is 0 Å². The summed E-state index contributed by atoms with van der Waals surface area (Å²) in [7, 11) is 3.38. The average molecular weight is 369 g/mol. The quantitative estimate of drug-likeness (QED) is 0.738. The molecule has 3 aromatic rings. The van der Waals surface area contributed by atoms with E-state index in [-0.39, 0.29) is 24.1 Å². The lowest BCUT2D eigenvalue weighted by atomic mass is 10.1. The molecule has 1 N–H and O–H groups in total. The number of aromatic nitrogens is 4. The van der Waals surface area contributed by atoms with Gasteiger partial charge in [-0.3, -0.25) is 14.3 Å². The van der Waals surface area contributed by atoms with E-state index in [0.717, 1.165) is 11.3 Å². The first kappa shape index (κ1) is 18.6. The van der Waals surface area contributed by atoms with Crippen LogP contribution in [0.3, 0.4) is 0 Å². The van der Waals surface area contributed by atoms with Crippen molar-refractivity contribution >= 4 is 16.8 Å². The summed E-state index contributed by atoms with van der Waals surface area (Å²) >= 11 is 0. The van der Waals surface area contributed by atoms with Gasteiger partial charge in [0.05, 0.1) is 35.4 Å². The molecule has 1 unspecified atom stereocenters. The Hall–Kier alpha value is -3.16. The molecule has 0 bridgehead atoms. The number of benzene rings is 1. The molecule has 0 radical (unpaired) electrons. The molecule has 0 spiro atoms. The van der Waals surface area contributed by atoms with E-state index in [1.165, 1.54) is 4.68 Å². The largest absolute Gasteiger partial charge is 0.497 e. The Balaban J connectivity index is 1.80. The Kier molecular flexibility index (Phi) is 4.98. The number of aryl methyl sites for hydroxylation is 3. The minimum atomic E-state index is -0.312. The summed E-state index contributed by atoms with van der Waals surface area (Å²) in [4.78, 5) is 25.2. The summed E-state index contributed by atoms with van der Waals surface area (Å²) in [6.07, 6.45) is 0. The molecular weight excluding hydrogens is 346 g/mol. The smallest absolute Gasteiger partial charge is 0.278 e. The Morgan fingerprint density at radius 3 is 2.48 bits per heavy atom. The van der Waals surface area contributed by atoms with E-state index in [0.29, 0.717) is 22.3 Å². The number of rotatable bonds is 5. The highest BCUT2D eigenvalue weighted by Crippen LogP contribution is 2.17. The van der Waals surface area contributed by atoms with Crippen LogP contribution >= 0.6 is 0 Å². The first-order valence-corrected chi connectivity index (χ1v) is 8.66. The maximum absolute atomic E-state index is 12.7. The molecular formula is C19H23N5O3. The molecule has 0 fully saturated rings. The van der Waals surface area contributed by atoms with Gasteiger partial charge in [-0.15, -0.1) is 0 Å². The second-order valence-electron chi connectivity index (χ2n) is 6.54. The van der Waals surface area contributed by atoms with Gasteiger partial charge in [0.1, 0.15) is 12.3 Å². The number of hydrogen-bond acceptors (Lipinski definition) is 5. The number of carbonyl (C=O) groups excluding carboxylic acids is 1. The monoisotopic (exact) mass is 369 g/mol. The Labute approximate surface area is 156 Å². The van der Waals surface area contributed by atoms with E-state index in [9.17, 15) is 9.59 Å². The van der Waals surface area contributed by atoms with Crippen LogP contribution < -0.4 is 15.6 Å². The normalized spacial score (nSPS) is 12.2. The molecule has 3 rings (SSSR count). The summed E-state index contributed by atoms with van der Waals surface area (Å²) in [5.41, 5.74) is 2.61. The summed E-state index contributed by atoms with van der Waals surface area (Å²) < 4.78 is 7.98. The maximum Gasteiger partial charge on any atom is 0.278 e. The summed E-state index contributed by atoms with van der Waals surface area (Å²) in [5.74, 6) is 0.469. The van der Waals surface area contributed by atoms with E-state index < -0.39 is 0 Å². The van der Waals surface area contributed by atoms with Gasteiger partial charge in [-0.1, -0.05) is 12.1 Å². The molecule has 0 aliphatic carbocycles. The number of hydrogen-bond donors (Lipinski definition) is 1. The summed E-state index contributed by atoms with van der Waals surface area (Å²) in [6.45, 7) is 5.32. The fourth-order valence-electron chi connectivity index (χ4n) is 3.24. The van der Waals surface area contributed by atoms with Crippen LogP contribution in [0.25, 0.3) is 10.9 Å². The van der Waals surface area contributed by atoms with Gasteiger partial charge in [-0.05, 0) is 38.5 Å². The number of carbonyl (C=O) groups is 1. The molecule has 27 heavy (non-hydrogen) atoms. The third-order valence-corrected chi connectivity index (χ3v) is 4.57. The fourth-order valence-corrected chi connectivity index (χ4v) is 3.24. The molecule has 2 aromatic heterocycles. The number of nitrogens with one attached hydrogen (secondary N) is 1. The summed E-state index contributed by atoms with van der Waals surface area (Å²) in [5, 5.41) is 12.0. The van der Waals surface area contributed by atoms with Crippen LogP contribution in [-0.4, -0.2) is 32.6 Å². The molecule has 0 saturated carbocycles. The summed E-state index contributed by atoms with van der Waals surface area (Å²) in [6, 6.07) is 7.26. The van der Waals surface area contributed by atoms with Gasteiger partial charge >= 0.3 is 0 Å².